The van der Waals surface area contributed by atoms with Crippen molar-refractivity contribution in [1.82, 2.24) is 9.97 Å². The van der Waals surface area contributed by atoms with E-state index in [0.29, 0.717) is 37.4 Å². The van der Waals surface area contributed by atoms with E-state index < -0.39 is 15.8 Å². The molecule has 162 valence electrons. The maximum atomic E-state index is 13.6. The first-order valence-electron chi connectivity index (χ1n) is 9.33. The van der Waals surface area contributed by atoms with Crippen molar-refractivity contribution in [3.63, 3.8) is 0 Å². The Balaban J connectivity index is 1.55. The van der Waals surface area contributed by atoms with Crippen molar-refractivity contribution >= 4 is 44.7 Å². The Morgan fingerprint density at radius 2 is 1.65 bits per heavy atom. The van der Waals surface area contributed by atoms with Crippen LogP contribution in [0.25, 0.3) is 11.1 Å². The van der Waals surface area contributed by atoms with E-state index >= 15 is 0 Å². The molecule has 3 aromatic rings. The standard InChI is InChI=1S/C20H18Cl2FN5O2S/c21-15-12-17(23)16(22)11-14(15)13-3-5-25-19(10-13)28-8-6-27(7-9-28)18-2-1-4-26-20(18)31(24,29)30/h1-5,10-12H,6-9H2,(H2,24,29,30). The summed E-state index contributed by atoms with van der Waals surface area (Å²) < 4.78 is 37.3. The van der Waals surface area contributed by atoms with Gasteiger partial charge in [-0.05, 0) is 42.0 Å². The molecule has 0 saturated carbocycles. The van der Waals surface area contributed by atoms with Crippen LogP contribution in [0.15, 0.2) is 53.8 Å². The van der Waals surface area contributed by atoms with Crippen molar-refractivity contribution in [2.24, 2.45) is 5.14 Å². The Labute approximate surface area is 189 Å². The van der Waals surface area contributed by atoms with Crippen LogP contribution < -0.4 is 14.9 Å². The Kier molecular flexibility index (Phi) is 6.02. The molecule has 0 atom stereocenters. The largest absolute Gasteiger partial charge is 0.366 e. The second kappa shape index (κ2) is 8.58. The van der Waals surface area contributed by atoms with Crippen LogP contribution in [-0.2, 0) is 10.0 Å². The first-order chi connectivity index (χ1) is 14.7. The summed E-state index contributed by atoms with van der Waals surface area (Å²) in [6, 6.07) is 9.71. The number of nitrogens with two attached hydrogens (primary N) is 1. The van der Waals surface area contributed by atoms with Gasteiger partial charge in [-0.1, -0.05) is 23.2 Å². The molecule has 11 heteroatoms. The number of hydrogen-bond donors (Lipinski definition) is 1. The smallest absolute Gasteiger partial charge is 0.257 e. The van der Waals surface area contributed by atoms with Gasteiger partial charge in [0.15, 0.2) is 5.03 Å². The Morgan fingerprint density at radius 3 is 2.35 bits per heavy atom. The monoisotopic (exact) mass is 481 g/mol. The summed E-state index contributed by atoms with van der Waals surface area (Å²) in [6.07, 6.45) is 3.06. The van der Waals surface area contributed by atoms with E-state index in [0.717, 1.165) is 11.4 Å². The average Bonchev–Trinajstić information content (AvgIpc) is 2.76. The van der Waals surface area contributed by atoms with E-state index in [4.69, 9.17) is 28.3 Å². The molecule has 1 aliphatic rings. The van der Waals surface area contributed by atoms with Crippen molar-refractivity contribution in [2.45, 2.75) is 5.03 Å². The molecule has 0 unspecified atom stereocenters. The van der Waals surface area contributed by atoms with Gasteiger partial charge in [0, 0.05) is 44.1 Å². The first kappa shape index (κ1) is 21.8. The number of halogens is 3. The van der Waals surface area contributed by atoms with Gasteiger partial charge in [0.1, 0.15) is 11.6 Å². The van der Waals surface area contributed by atoms with Crippen molar-refractivity contribution in [1.29, 1.82) is 0 Å². The fourth-order valence-corrected chi connectivity index (χ4v) is 4.64. The zero-order valence-corrected chi connectivity index (χ0v) is 18.5. The van der Waals surface area contributed by atoms with Gasteiger partial charge < -0.3 is 9.80 Å². The molecule has 1 saturated heterocycles. The summed E-state index contributed by atoms with van der Waals surface area (Å²) in [7, 11) is -3.92. The van der Waals surface area contributed by atoms with E-state index in [-0.39, 0.29) is 15.1 Å². The SMILES string of the molecule is NS(=O)(=O)c1ncccc1N1CCN(c2cc(-c3cc(Cl)c(F)cc3Cl)ccn2)CC1. The minimum absolute atomic E-state index is 0.00601. The van der Waals surface area contributed by atoms with Gasteiger partial charge in [-0.2, -0.15) is 0 Å². The highest BCUT2D eigenvalue weighted by Crippen LogP contribution is 2.34. The van der Waals surface area contributed by atoms with E-state index in [1.807, 2.05) is 11.0 Å². The highest BCUT2D eigenvalue weighted by atomic mass is 35.5. The van der Waals surface area contributed by atoms with Crippen LogP contribution in [0.3, 0.4) is 0 Å². The van der Waals surface area contributed by atoms with Crippen LogP contribution in [0.4, 0.5) is 15.9 Å². The molecule has 31 heavy (non-hydrogen) atoms. The lowest BCUT2D eigenvalue weighted by Gasteiger charge is -2.37. The normalized spacial score (nSPS) is 14.7. The van der Waals surface area contributed by atoms with Gasteiger partial charge in [-0.3, -0.25) is 0 Å². The minimum atomic E-state index is -3.92. The third-order valence-electron chi connectivity index (χ3n) is 5.03. The fraction of sp³-hybridized carbons (Fsp3) is 0.200. The lowest BCUT2D eigenvalue weighted by Crippen LogP contribution is -2.47. The van der Waals surface area contributed by atoms with Crippen molar-refractivity contribution in [3.8, 4) is 11.1 Å². The summed E-state index contributed by atoms with van der Waals surface area (Å²) >= 11 is 12.1. The first-order valence-corrected chi connectivity index (χ1v) is 11.6. The van der Waals surface area contributed by atoms with Gasteiger partial charge in [0.05, 0.1) is 15.7 Å². The third kappa shape index (κ3) is 4.59. The van der Waals surface area contributed by atoms with Gasteiger partial charge in [-0.25, -0.2) is 27.9 Å². The number of sulfonamides is 1. The number of primary sulfonamides is 1. The molecule has 4 rings (SSSR count). The summed E-state index contributed by atoms with van der Waals surface area (Å²) in [5.41, 5.74) is 1.87. The molecule has 0 aliphatic carbocycles. The van der Waals surface area contributed by atoms with Crippen LogP contribution >= 0.6 is 23.2 Å². The summed E-state index contributed by atoms with van der Waals surface area (Å²) in [5.74, 6) is 0.154. The molecular formula is C20H18Cl2FN5O2S. The Hall–Kier alpha value is -2.46. The topological polar surface area (TPSA) is 92.4 Å². The van der Waals surface area contributed by atoms with E-state index in [1.54, 1.807) is 24.4 Å². The van der Waals surface area contributed by atoms with Crippen molar-refractivity contribution < 1.29 is 12.8 Å². The van der Waals surface area contributed by atoms with Crippen LogP contribution in [0, 0.1) is 5.82 Å². The molecule has 0 radical (unpaired) electrons. The predicted octanol–water partition coefficient (Wildman–Crippen LogP) is 3.56. The molecule has 0 bridgehead atoms. The molecule has 7 nitrogen and oxygen atoms in total. The molecule has 2 aromatic heterocycles. The minimum Gasteiger partial charge on any atom is -0.366 e. The predicted molar refractivity (Wildman–Crippen MR) is 120 cm³/mol. The highest BCUT2D eigenvalue weighted by Gasteiger charge is 2.24. The van der Waals surface area contributed by atoms with E-state index in [1.165, 1.54) is 18.3 Å². The van der Waals surface area contributed by atoms with Crippen LogP contribution in [0.1, 0.15) is 0 Å². The molecule has 0 spiro atoms. The van der Waals surface area contributed by atoms with Crippen LogP contribution in [0.5, 0.6) is 0 Å². The molecule has 3 heterocycles. The van der Waals surface area contributed by atoms with Crippen LogP contribution in [0.2, 0.25) is 10.0 Å². The average molecular weight is 482 g/mol. The lowest BCUT2D eigenvalue weighted by atomic mass is 10.1. The maximum absolute atomic E-state index is 13.6. The number of piperazine rings is 1. The second-order valence-corrected chi connectivity index (χ2v) is 9.29. The zero-order chi connectivity index (χ0) is 22.2. The summed E-state index contributed by atoms with van der Waals surface area (Å²) in [4.78, 5) is 12.4. The molecule has 1 fully saturated rings. The maximum Gasteiger partial charge on any atom is 0.257 e. The number of hydrogen-bond acceptors (Lipinski definition) is 6. The Morgan fingerprint density at radius 1 is 0.935 bits per heavy atom. The van der Waals surface area contributed by atoms with Crippen molar-refractivity contribution in [2.75, 3.05) is 36.0 Å². The lowest BCUT2D eigenvalue weighted by molar-refractivity contribution is 0.591. The molecular weight excluding hydrogens is 464 g/mol. The number of nitrogens with zero attached hydrogens (tertiary/aromatic N) is 4. The van der Waals surface area contributed by atoms with Crippen molar-refractivity contribution in [3.05, 3.63) is 64.7 Å². The molecule has 2 N–H and O–H groups in total. The quantitative estimate of drug-likeness (QED) is 0.572. The molecule has 0 amide bonds. The van der Waals surface area contributed by atoms with E-state index in [2.05, 4.69) is 14.9 Å². The fourth-order valence-electron chi connectivity index (χ4n) is 3.52. The van der Waals surface area contributed by atoms with E-state index in [9.17, 15) is 12.8 Å². The van der Waals surface area contributed by atoms with Crippen LogP contribution in [-0.4, -0.2) is 44.6 Å². The number of anilines is 2. The van der Waals surface area contributed by atoms with Gasteiger partial charge in [-0.15, -0.1) is 0 Å². The highest BCUT2D eigenvalue weighted by molar-refractivity contribution is 7.89. The van der Waals surface area contributed by atoms with Gasteiger partial charge in [0.2, 0.25) is 0 Å². The number of benzene rings is 1. The number of aromatic nitrogens is 2. The second-order valence-electron chi connectivity index (χ2n) is 7.00. The van der Waals surface area contributed by atoms with Gasteiger partial charge in [0.25, 0.3) is 10.0 Å². The molecule has 1 aliphatic heterocycles. The zero-order valence-electron chi connectivity index (χ0n) is 16.2. The van der Waals surface area contributed by atoms with Gasteiger partial charge >= 0.3 is 0 Å². The summed E-state index contributed by atoms with van der Waals surface area (Å²) in [5, 5.41) is 5.43. The Bertz CT molecular complexity index is 1230. The number of pyridine rings is 2. The summed E-state index contributed by atoms with van der Waals surface area (Å²) in [6.45, 7) is 2.33. The third-order valence-corrected chi connectivity index (χ3v) is 6.49. The number of rotatable bonds is 4. The molecule has 1 aromatic carbocycles.